The van der Waals surface area contributed by atoms with E-state index in [1.165, 1.54) is 26.2 Å². The number of methoxy groups -OCH3 is 1. The second-order valence-corrected chi connectivity index (χ2v) is 6.45. The zero-order valence-electron chi connectivity index (χ0n) is 9.61. The molecular weight excluding hydrogens is 346 g/mol. The van der Waals surface area contributed by atoms with Gasteiger partial charge in [-0.25, -0.2) is 8.42 Å². The maximum atomic E-state index is 12.0. The first-order chi connectivity index (χ1) is 8.27. The van der Waals surface area contributed by atoms with Gasteiger partial charge in [-0.1, -0.05) is 27.5 Å². The first-order valence-corrected chi connectivity index (χ1v) is 7.48. The van der Waals surface area contributed by atoms with Gasteiger partial charge in [0.05, 0.1) is 12.1 Å². The Morgan fingerprint density at radius 2 is 2.11 bits per heavy atom. The van der Waals surface area contributed by atoms with Crippen LogP contribution in [0.3, 0.4) is 0 Å². The summed E-state index contributed by atoms with van der Waals surface area (Å²) in [6, 6.07) is 3.36. The van der Waals surface area contributed by atoms with E-state index in [1.54, 1.807) is 6.07 Å². The van der Waals surface area contributed by atoms with E-state index >= 15 is 0 Å². The lowest BCUT2D eigenvalue weighted by molar-refractivity contribution is -0.142. The molecular formula is C10H11BrClNO4S. The van der Waals surface area contributed by atoms with Crippen molar-refractivity contribution in [3.63, 3.8) is 0 Å². The van der Waals surface area contributed by atoms with Crippen LogP contribution in [-0.2, 0) is 19.6 Å². The zero-order chi connectivity index (χ0) is 13.9. The molecule has 0 spiro atoms. The lowest BCUT2D eigenvalue weighted by Gasteiger charge is -2.13. The van der Waals surface area contributed by atoms with Crippen molar-refractivity contribution in [1.82, 2.24) is 4.72 Å². The highest BCUT2D eigenvalue weighted by Gasteiger charge is 2.24. The third kappa shape index (κ3) is 3.68. The minimum Gasteiger partial charge on any atom is -0.468 e. The number of benzene rings is 1. The Labute approximate surface area is 119 Å². The van der Waals surface area contributed by atoms with Gasteiger partial charge in [0.1, 0.15) is 10.9 Å². The summed E-state index contributed by atoms with van der Waals surface area (Å²) < 4.78 is 31.2. The topological polar surface area (TPSA) is 72.5 Å². The summed E-state index contributed by atoms with van der Waals surface area (Å²) in [5.74, 6) is -0.674. The number of ether oxygens (including phenoxy) is 1. The molecule has 0 fully saturated rings. The zero-order valence-corrected chi connectivity index (χ0v) is 12.8. The van der Waals surface area contributed by atoms with Crippen LogP contribution in [0.25, 0.3) is 0 Å². The van der Waals surface area contributed by atoms with Crippen LogP contribution in [0, 0.1) is 0 Å². The van der Waals surface area contributed by atoms with Crippen molar-refractivity contribution in [2.45, 2.75) is 17.9 Å². The number of nitrogens with one attached hydrogen (secondary N) is 1. The Balaban J connectivity index is 3.04. The van der Waals surface area contributed by atoms with Crippen LogP contribution in [0.1, 0.15) is 6.92 Å². The van der Waals surface area contributed by atoms with E-state index in [9.17, 15) is 13.2 Å². The van der Waals surface area contributed by atoms with Gasteiger partial charge in [0.15, 0.2) is 0 Å². The lowest BCUT2D eigenvalue weighted by Crippen LogP contribution is -2.39. The van der Waals surface area contributed by atoms with E-state index in [1.807, 2.05) is 0 Å². The number of halogens is 2. The number of rotatable bonds is 4. The molecule has 1 aromatic rings. The molecule has 1 N–H and O–H groups in total. The van der Waals surface area contributed by atoms with Gasteiger partial charge < -0.3 is 4.74 Å². The van der Waals surface area contributed by atoms with Crippen molar-refractivity contribution in [1.29, 1.82) is 0 Å². The first-order valence-electron chi connectivity index (χ1n) is 4.83. The molecule has 0 bridgehead atoms. The highest BCUT2D eigenvalue weighted by Crippen LogP contribution is 2.25. The van der Waals surface area contributed by atoms with Gasteiger partial charge >= 0.3 is 5.97 Å². The highest BCUT2D eigenvalue weighted by atomic mass is 79.9. The Morgan fingerprint density at radius 1 is 1.50 bits per heavy atom. The summed E-state index contributed by atoms with van der Waals surface area (Å²) in [6.45, 7) is 1.39. The van der Waals surface area contributed by atoms with Crippen molar-refractivity contribution in [2.75, 3.05) is 7.11 Å². The molecule has 1 rings (SSSR count). The minimum absolute atomic E-state index is 0.0638. The van der Waals surface area contributed by atoms with E-state index < -0.39 is 22.0 Å². The Hall–Kier alpha value is -0.630. The summed E-state index contributed by atoms with van der Waals surface area (Å²) in [5.41, 5.74) is 0. The second kappa shape index (κ2) is 6.01. The molecule has 1 atom stereocenters. The van der Waals surface area contributed by atoms with Gasteiger partial charge in [-0.3, -0.25) is 4.79 Å². The van der Waals surface area contributed by atoms with Gasteiger partial charge in [-0.15, -0.1) is 0 Å². The molecule has 0 aromatic heterocycles. The van der Waals surface area contributed by atoms with E-state index in [4.69, 9.17) is 11.6 Å². The first kappa shape index (κ1) is 15.4. The summed E-state index contributed by atoms with van der Waals surface area (Å²) in [7, 11) is -2.69. The summed E-state index contributed by atoms with van der Waals surface area (Å²) in [5, 5.41) is 0.0638. The largest absolute Gasteiger partial charge is 0.468 e. The Morgan fingerprint density at radius 3 is 2.61 bits per heavy atom. The molecule has 0 radical (unpaired) electrons. The maximum absolute atomic E-state index is 12.0. The van der Waals surface area contributed by atoms with Crippen molar-refractivity contribution >= 4 is 43.5 Å². The molecule has 1 aromatic carbocycles. The van der Waals surface area contributed by atoms with Crippen LogP contribution in [0.2, 0.25) is 5.02 Å². The minimum atomic E-state index is -3.87. The molecule has 0 aliphatic rings. The fraction of sp³-hybridized carbons (Fsp3) is 0.300. The maximum Gasteiger partial charge on any atom is 0.323 e. The molecule has 100 valence electrons. The summed E-state index contributed by atoms with van der Waals surface area (Å²) in [6.07, 6.45) is 0. The summed E-state index contributed by atoms with van der Waals surface area (Å²) in [4.78, 5) is 11.1. The molecule has 0 saturated carbocycles. The van der Waals surface area contributed by atoms with Gasteiger partial charge in [-0.2, -0.15) is 4.72 Å². The van der Waals surface area contributed by atoms with E-state index in [0.29, 0.717) is 4.47 Å². The quantitative estimate of drug-likeness (QED) is 0.837. The number of carbonyl (C=O) groups is 1. The second-order valence-electron chi connectivity index (χ2n) is 3.44. The lowest BCUT2D eigenvalue weighted by atomic mass is 10.4. The standard InChI is InChI=1S/C10H11BrClNO4S/c1-6(10(14)17-2)13-18(15,16)9-4-3-7(11)5-8(9)12/h3-6,13H,1-2H3. The van der Waals surface area contributed by atoms with E-state index in [-0.39, 0.29) is 9.92 Å². The average Bonchev–Trinajstić information content (AvgIpc) is 2.26. The third-order valence-electron chi connectivity index (χ3n) is 2.07. The normalized spacial score (nSPS) is 13.1. The van der Waals surface area contributed by atoms with Gasteiger partial charge in [0, 0.05) is 4.47 Å². The molecule has 0 aliphatic heterocycles. The fourth-order valence-corrected chi connectivity index (χ4v) is 3.44. The average molecular weight is 357 g/mol. The van der Waals surface area contributed by atoms with Crippen molar-refractivity contribution in [3.05, 3.63) is 27.7 Å². The molecule has 1 unspecified atom stereocenters. The van der Waals surface area contributed by atoms with Crippen LogP contribution in [-0.4, -0.2) is 27.5 Å². The van der Waals surface area contributed by atoms with Gasteiger partial charge in [-0.05, 0) is 25.1 Å². The molecule has 0 aliphatic carbocycles. The smallest absolute Gasteiger partial charge is 0.323 e. The van der Waals surface area contributed by atoms with Crippen molar-refractivity contribution in [2.24, 2.45) is 0 Å². The van der Waals surface area contributed by atoms with Crippen LogP contribution in [0.15, 0.2) is 27.6 Å². The van der Waals surface area contributed by atoms with Crippen LogP contribution in [0.4, 0.5) is 0 Å². The Bertz CT molecular complexity index is 561. The van der Waals surface area contributed by atoms with Crippen LogP contribution in [0.5, 0.6) is 0 Å². The Kier molecular flexibility index (Phi) is 5.15. The third-order valence-corrected chi connectivity index (χ3v) is 4.59. The van der Waals surface area contributed by atoms with Crippen molar-refractivity contribution < 1.29 is 17.9 Å². The fourth-order valence-electron chi connectivity index (χ4n) is 1.21. The molecule has 18 heavy (non-hydrogen) atoms. The molecule has 0 heterocycles. The number of hydrogen-bond acceptors (Lipinski definition) is 4. The van der Waals surface area contributed by atoms with Gasteiger partial charge in [0.2, 0.25) is 10.0 Å². The van der Waals surface area contributed by atoms with E-state index in [2.05, 4.69) is 25.4 Å². The van der Waals surface area contributed by atoms with Crippen LogP contribution < -0.4 is 4.72 Å². The molecule has 0 amide bonds. The predicted molar refractivity (Wildman–Crippen MR) is 71.0 cm³/mol. The van der Waals surface area contributed by atoms with Crippen molar-refractivity contribution in [3.8, 4) is 0 Å². The van der Waals surface area contributed by atoms with Gasteiger partial charge in [0.25, 0.3) is 0 Å². The summed E-state index contributed by atoms with van der Waals surface area (Å²) >= 11 is 9.02. The molecule has 5 nitrogen and oxygen atoms in total. The predicted octanol–water partition coefficient (Wildman–Crippen LogP) is 1.94. The monoisotopic (exact) mass is 355 g/mol. The molecule has 0 saturated heterocycles. The SMILES string of the molecule is COC(=O)C(C)NS(=O)(=O)c1ccc(Br)cc1Cl. The van der Waals surface area contributed by atoms with E-state index in [0.717, 1.165) is 0 Å². The highest BCUT2D eigenvalue weighted by molar-refractivity contribution is 9.10. The van der Waals surface area contributed by atoms with Crippen LogP contribution >= 0.6 is 27.5 Å². The molecule has 8 heteroatoms. The number of esters is 1. The number of hydrogen-bond donors (Lipinski definition) is 1. The number of carbonyl (C=O) groups excluding carboxylic acids is 1. The number of sulfonamides is 1.